The molecule has 0 aromatic heterocycles. The Morgan fingerprint density at radius 1 is 0.941 bits per heavy atom. The molecule has 1 rings (SSSR count). The van der Waals surface area contributed by atoms with Crippen LogP contribution in [0.2, 0.25) is 0 Å². The summed E-state index contributed by atoms with van der Waals surface area (Å²) in [4.78, 5) is 0. The third-order valence-corrected chi connectivity index (χ3v) is 3.29. The lowest BCUT2D eigenvalue weighted by Crippen LogP contribution is -1.85. The van der Waals surface area contributed by atoms with E-state index >= 15 is 0 Å². The van der Waals surface area contributed by atoms with Gasteiger partial charge in [0.25, 0.3) is 0 Å². The van der Waals surface area contributed by atoms with Crippen molar-refractivity contribution in [2.24, 2.45) is 0 Å². The second kappa shape index (κ2) is 8.11. The summed E-state index contributed by atoms with van der Waals surface area (Å²) in [6.45, 7) is 8.58. The van der Waals surface area contributed by atoms with Crippen LogP contribution in [0.3, 0.4) is 0 Å². The van der Waals surface area contributed by atoms with E-state index in [2.05, 4.69) is 44.7 Å². The van der Waals surface area contributed by atoms with E-state index in [1.54, 1.807) is 0 Å². The lowest BCUT2D eigenvalue weighted by Gasteiger charge is -2.06. The average molecular weight is 230 g/mol. The van der Waals surface area contributed by atoms with Gasteiger partial charge in [0.05, 0.1) is 0 Å². The van der Waals surface area contributed by atoms with Crippen molar-refractivity contribution in [3.8, 4) is 0 Å². The fraction of sp³-hybridized carbons (Fsp3) is 0.529. The molecule has 0 heteroatoms. The zero-order chi connectivity index (χ0) is 12.5. The highest BCUT2D eigenvalue weighted by molar-refractivity contribution is 5.63. The molecule has 0 radical (unpaired) electrons. The van der Waals surface area contributed by atoms with Gasteiger partial charge in [0.15, 0.2) is 0 Å². The molecule has 0 nitrogen and oxygen atoms in total. The third kappa shape index (κ3) is 5.72. The standard InChI is InChI=1S/C17H26/c1-4-5-6-7-8-9-10-16(3)17-13-11-15(2)12-14-17/h11-14H,3-10H2,1-2H3. The van der Waals surface area contributed by atoms with Gasteiger partial charge in [-0.2, -0.15) is 0 Å². The van der Waals surface area contributed by atoms with Crippen LogP contribution >= 0.6 is 0 Å². The maximum atomic E-state index is 4.19. The van der Waals surface area contributed by atoms with Crippen LogP contribution in [-0.2, 0) is 0 Å². The van der Waals surface area contributed by atoms with Crippen molar-refractivity contribution in [3.05, 3.63) is 42.0 Å². The predicted molar refractivity (Wildman–Crippen MR) is 78.2 cm³/mol. The fourth-order valence-corrected chi connectivity index (χ4v) is 2.05. The molecule has 94 valence electrons. The van der Waals surface area contributed by atoms with E-state index in [0.717, 1.165) is 6.42 Å². The topological polar surface area (TPSA) is 0 Å². The predicted octanol–water partition coefficient (Wildman–Crippen LogP) is 5.76. The van der Waals surface area contributed by atoms with Gasteiger partial charge in [-0.1, -0.05) is 75.4 Å². The zero-order valence-electron chi connectivity index (χ0n) is 11.5. The Labute approximate surface area is 107 Å². The fourth-order valence-electron chi connectivity index (χ4n) is 2.05. The van der Waals surface area contributed by atoms with Crippen LogP contribution in [0.5, 0.6) is 0 Å². The van der Waals surface area contributed by atoms with Gasteiger partial charge in [0.1, 0.15) is 0 Å². The minimum absolute atomic E-state index is 1.15. The van der Waals surface area contributed by atoms with Crippen molar-refractivity contribution in [3.63, 3.8) is 0 Å². The summed E-state index contributed by atoms with van der Waals surface area (Å²) in [6.07, 6.45) is 9.29. The molecule has 0 atom stereocenters. The number of aryl methyl sites for hydroxylation is 1. The van der Waals surface area contributed by atoms with Crippen molar-refractivity contribution < 1.29 is 0 Å². The molecule has 0 spiro atoms. The lowest BCUT2D eigenvalue weighted by molar-refractivity contribution is 0.613. The monoisotopic (exact) mass is 230 g/mol. The Morgan fingerprint density at radius 3 is 2.18 bits per heavy atom. The molecule has 0 fully saturated rings. The summed E-state index contributed by atoms with van der Waals surface area (Å²) < 4.78 is 0. The second-order valence-corrected chi connectivity index (χ2v) is 4.99. The zero-order valence-corrected chi connectivity index (χ0v) is 11.5. The van der Waals surface area contributed by atoms with Gasteiger partial charge in [-0.25, -0.2) is 0 Å². The van der Waals surface area contributed by atoms with Crippen LogP contribution < -0.4 is 0 Å². The van der Waals surface area contributed by atoms with E-state index in [-0.39, 0.29) is 0 Å². The van der Waals surface area contributed by atoms with E-state index in [1.807, 2.05) is 0 Å². The maximum absolute atomic E-state index is 4.19. The van der Waals surface area contributed by atoms with Crippen LogP contribution in [0.25, 0.3) is 5.57 Å². The molecule has 0 heterocycles. The minimum atomic E-state index is 1.15. The van der Waals surface area contributed by atoms with Gasteiger partial charge < -0.3 is 0 Å². The number of benzene rings is 1. The molecule has 0 aliphatic heterocycles. The van der Waals surface area contributed by atoms with Crippen molar-refractivity contribution in [1.29, 1.82) is 0 Å². The second-order valence-electron chi connectivity index (χ2n) is 4.99. The number of allylic oxidation sites excluding steroid dienone is 1. The van der Waals surface area contributed by atoms with Gasteiger partial charge >= 0.3 is 0 Å². The SMILES string of the molecule is C=C(CCCCCCCC)c1ccc(C)cc1. The average Bonchev–Trinajstić information content (AvgIpc) is 2.34. The van der Waals surface area contributed by atoms with Crippen LogP contribution in [0.4, 0.5) is 0 Å². The number of hydrogen-bond donors (Lipinski definition) is 0. The van der Waals surface area contributed by atoms with Crippen LogP contribution in [0, 0.1) is 6.92 Å². The van der Waals surface area contributed by atoms with Gasteiger partial charge in [0.2, 0.25) is 0 Å². The highest BCUT2D eigenvalue weighted by Crippen LogP contribution is 2.20. The van der Waals surface area contributed by atoms with E-state index in [9.17, 15) is 0 Å². The molecule has 0 unspecified atom stereocenters. The van der Waals surface area contributed by atoms with Gasteiger partial charge in [0, 0.05) is 0 Å². The highest BCUT2D eigenvalue weighted by atomic mass is 14.0. The van der Waals surface area contributed by atoms with Crippen molar-refractivity contribution >= 4 is 5.57 Å². The molecule has 0 saturated carbocycles. The first-order valence-corrected chi connectivity index (χ1v) is 6.99. The largest absolute Gasteiger partial charge is 0.0952 e. The molecule has 0 aliphatic carbocycles. The number of hydrogen-bond acceptors (Lipinski definition) is 0. The smallest absolute Gasteiger partial charge is 0.0230 e. The van der Waals surface area contributed by atoms with Crippen LogP contribution in [-0.4, -0.2) is 0 Å². The van der Waals surface area contributed by atoms with E-state index < -0.39 is 0 Å². The lowest BCUT2D eigenvalue weighted by atomic mass is 9.99. The summed E-state index contributed by atoms with van der Waals surface area (Å²) >= 11 is 0. The van der Waals surface area contributed by atoms with Gasteiger partial charge in [-0.15, -0.1) is 0 Å². The third-order valence-electron chi connectivity index (χ3n) is 3.29. The van der Waals surface area contributed by atoms with Crippen LogP contribution in [0.15, 0.2) is 30.8 Å². The van der Waals surface area contributed by atoms with Crippen LogP contribution in [0.1, 0.15) is 63.0 Å². The minimum Gasteiger partial charge on any atom is -0.0952 e. The molecular weight excluding hydrogens is 204 g/mol. The summed E-state index contributed by atoms with van der Waals surface area (Å²) in [5.41, 5.74) is 3.92. The first-order valence-electron chi connectivity index (χ1n) is 6.99. The summed E-state index contributed by atoms with van der Waals surface area (Å²) in [5.74, 6) is 0. The first kappa shape index (κ1) is 14.0. The molecule has 17 heavy (non-hydrogen) atoms. The Hall–Kier alpha value is -1.04. The quantitative estimate of drug-likeness (QED) is 0.498. The van der Waals surface area contributed by atoms with E-state index in [1.165, 1.54) is 55.2 Å². The van der Waals surface area contributed by atoms with Crippen molar-refractivity contribution in [1.82, 2.24) is 0 Å². The van der Waals surface area contributed by atoms with Gasteiger partial charge in [-0.3, -0.25) is 0 Å². The Morgan fingerprint density at radius 2 is 1.53 bits per heavy atom. The Kier molecular flexibility index (Phi) is 6.69. The first-order chi connectivity index (χ1) is 8.24. The van der Waals surface area contributed by atoms with E-state index in [4.69, 9.17) is 0 Å². The summed E-state index contributed by atoms with van der Waals surface area (Å²) in [6, 6.07) is 8.72. The maximum Gasteiger partial charge on any atom is -0.0230 e. The van der Waals surface area contributed by atoms with Crippen molar-refractivity contribution in [2.75, 3.05) is 0 Å². The summed E-state index contributed by atoms with van der Waals surface area (Å²) in [7, 11) is 0. The normalized spacial score (nSPS) is 10.5. The molecular formula is C17H26. The Bertz CT molecular complexity index is 318. The molecule has 0 amide bonds. The molecule has 1 aromatic carbocycles. The molecule has 0 N–H and O–H groups in total. The summed E-state index contributed by atoms with van der Waals surface area (Å²) in [5, 5.41) is 0. The molecule has 1 aromatic rings. The molecule has 0 bridgehead atoms. The van der Waals surface area contributed by atoms with Crippen molar-refractivity contribution in [2.45, 2.75) is 58.8 Å². The molecule has 0 aliphatic rings. The number of unbranched alkanes of at least 4 members (excludes halogenated alkanes) is 5. The number of rotatable bonds is 8. The van der Waals surface area contributed by atoms with Gasteiger partial charge in [-0.05, 0) is 30.9 Å². The highest BCUT2D eigenvalue weighted by Gasteiger charge is 1.98. The van der Waals surface area contributed by atoms with E-state index in [0.29, 0.717) is 0 Å². The Balaban J connectivity index is 2.19. The molecule has 0 saturated heterocycles.